The number of ether oxygens (including phenoxy) is 1. The molecule has 132 valence electrons. The Hall–Kier alpha value is -2.78. The summed E-state index contributed by atoms with van der Waals surface area (Å²) >= 11 is 1.75. The van der Waals surface area contributed by atoms with Crippen LogP contribution in [0.2, 0.25) is 0 Å². The van der Waals surface area contributed by atoms with E-state index in [2.05, 4.69) is 6.92 Å². The molecule has 6 heteroatoms. The van der Waals surface area contributed by atoms with Crippen LogP contribution in [-0.2, 0) is 9.53 Å². The van der Waals surface area contributed by atoms with Gasteiger partial charge in [0, 0.05) is 16.7 Å². The molecule has 0 N–H and O–H groups in total. The Morgan fingerprint density at radius 1 is 1.27 bits per heavy atom. The summed E-state index contributed by atoms with van der Waals surface area (Å²) in [6, 6.07) is 16.0. The molecule has 0 bridgehead atoms. The van der Waals surface area contributed by atoms with Crippen molar-refractivity contribution in [3.8, 4) is 6.07 Å². The van der Waals surface area contributed by atoms with Gasteiger partial charge in [0.05, 0.1) is 22.9 Å². The Bertz CT molecular complexity index is 875. The van der Waals surface area contributed by atoms with E-state index in [1.165, 1.54) is 6.07 Å². The van der Waals surface area contributed by atoms with Gasteiger partial charge in [-0.2, -0.15) is 5.26 Å². The van der Waals surface area contributed by atoms with Crippen LogP contribution in [0.4, 0.5) is 5.69 Å². The topological polar surface area (TPSA) is 70.4 Å². The molecule has 5 nitrogen and oxygen atoms in total. The lowest BCUT2D eigenvalue weighted by atomic mass is 10.1. The number of benzene rings is 2. The van der Waals surface area contributed by atoms with E-state index in [4.69, 9.17) is 10.00 Å². The van der Waals surface area contributed by atoms with Crippen LogP contribution in [0, 0.1) is 11.3 Å². The molecule has 3 rings (SSSR count). The van der Waals surface area contributed by atoms with Gasteiger partial charge in [0.15, 0.2) is 6.61 Å². The van der Waals surface area contributed by atoms with E-state index < -0.39 is 5.97 Å². The molecule has 1 aliphatic rings. The molecule has 2 aromatic rings. The number of anilines is 1. The van der Waals surface area contributed by atoms with E-state index in [1.807, 2.05) is 30.3 Å². The van der Waals surface area contributed by atoms with Gasteiger partial charge in [-0.15, -0.1) is 11.8 Å². The highest BCUT2D eigenvalue weighted by Crippen LogP contribution is 2.37. The first kappa shape index (κ1) is 18.0. The second kappa shape index (κ2) is 8.07. The fraction of sp³-hybridized carbons (Fsp3) is 0.250. The van der Waals surface area contributed by atoms with Crippen molar-refractivity contribution >= 4 is 29.3 Å². The zero-order valence-corrected chi connectivity index (χ0v) is 15.2. The zero-order valence-electron chi connectivity index (χ0n) is 14.3. The van der Waals surface area contributed by atoms with Gasteiger partial charge in [-0.25, -0.2) is 4.79 Å². The Balaban J connectivity index is 1.70. The first-order valence-corrected chi connectivity index (χ1v) is 9.20. The summed E-state index contributed by atoms with van der Waals surface area (Å²) in [5, 5.41) is 9.32. The molecular formula is C20H18N2O3S. The van der Waals surface area contributed by atoms with Gasteiger partial charge >= 0.3 is 5.97 Å². The predicted octanol–water partition coefficient (Wildman–Crippen LogP) is 3.63. The van der Waals surface area contributed by atoms with Crippen molar-refractivity contribution in [2.24, 2.45) is 0 Å². The van der Waals surface area contributed by atoms with Crippen molar-refractivity contribution in [1.29, 1.82) is 5.26 Å². The van der Waals surface area contributed by atoms with Gasteiger partial charge < -0.3 is 9.64 Å². The van der Waals surface area contributed by atoms with E-state index in [-0.39, 0.29) is 18.1 Å². The second-order valence-electron chi connectivity index (χ2n) is 6.00. The Kier molecular flexibility index (Phi) is 5.59. The summed E-state index contributed by atoms with van der Waals surface area (Å²) in [6.45, 7) is 2.39. The SMILES string of the molecule is C[C@@H]1CCN(C(=O)COC(=O)c2cccc(C#N)c2)c2ccccc2S1. The number of para-hydroxylation sites is 1. The van der Waals surface area contributed by atoms with Gasteiger partial charge in [-0.3, -0.25) is 4.79 Å². The summed E-state index contributed by atoms with van der Waals surface area (Å²) in [5.74, 6) is -0.863. The number of nitrogens with zero attached hydrogens (tertiary/aromatic N) is 2. The third-order valence-corrected chi connectivity index (χ3v) is 5.34. The number of carbonyl (C=O) groups excluding carboxylic acids is 2. The quantitative estimate of drug-likeness (QED) is 0.776. The summed E-state index contributed by atoms with van der Waals surface area (Å²) in [5.41, 5.74) is 1.49. The molecular weight excluding hydrogens is 348 g/mol. The number of rotatable bonds is 3. The van der Waals surface area contributed by atoms with Crippen molar-refractivity contribution in [3.05, 3.63) is 59.7 Å². The number of nitriles is 1. The smallest absolute Gasteiger partial charge is 0.338 e. The minimum atomic E-state index is -0.610. The molecule has 0 unspecified atom stereocenters. The molecule has 0 saturated heterocycles. The van der Waals surface area contributed by atoms with E-state index in [0.717, 1.165) is 17.0 Å². The van der Waals surface area contributed by atoms with Gasteiger partial charge in [0.2, 0.25) is 0 Å². The van der Waals surface area contributed by atoms with E-state index >= 15 is 0 Å². The predicted molar refractivity (Wildman–Crippen MR) is 100 cm³/mol. The van der Waals surface area contributed by atoms with E-state index in [0.29, 0.717) is 17.4 Å². The summed E-state index contributed by atoms with van der Waals surface area (Å²) in [4.78, 5) is 27.6. The molecule has 1 heterocycles. The highest BCUT2D eigenvalue weighted by molar-refractivity contribution is 8.00. The van der Waals surface area contributed by atoms with Gasteiger partial charge in [-0.05, 0) is 36.8 Å². The first-order chi connectivity index (χ1) is 12.6. The lowest BCUT2D eigenvalue weighted by Gasteiger charge is -2.22. The lowest BCUT2D eigenvalue weighted by molar-refractivity contribution is -0.121. The maximum atomic E-state index is 12.7. The summed E-state index contributed by atoms with van der Waals surface area (Å²) < 4.78 is 5.18. The van der Waals surface area contributed by atoms with Gasteiger partial charge in [-0.1, -0.05) is 25.1 Å². The number of hydrogen-bond donors (Lipinski definition) is 0. The number of thioether (sulfide) groups is 1. The van der Waals surface area contributed by atoms with Gasteiger partial charge in [0.25, 0.3) is 5.91 Å². The van der Waals surface area contributed by atoms with E-state index in [9.17, 15) is 9.59 Å². The first-order valence-electron chi connectivity index (χ1n) is 8.32. The van der Waals surface area contributed by atoms with E-state index in [1.54, 1.807) is 34.9 Å². The average Bonchev–Trinajstić information content (AvgIpc) is 2.84. The monoisotopic (exact) mass is 366 g/mol. The molecule has 2 aromatic carbocycles. The maximum absolute atomic E-state index is 12.7. The molecule has 1 atom stereocenters. The van der Waals surface area contributed by atoms with Crippen LogP contribution in [0.1, 0.15) is 29.3 Å². The normalized spacial score (nSPS) is 16.2. The van der Waals surface area contributed by atoms with Crippen LogP contribution in [0.25, 0.3) is 0 Å². The van der Waals surface area contributed by atoms with Crippen molar-refractivity contribution in [3.63, 3.8) is 0 Å². The molecule has 0 aromatic heterocycles. The molecule has 0 fully saturated rings. The molecule has 0 spiro atoms. The summed E-state index contributed by atoms with van der Waals surface area (Å²) in [6.07, 6.45) is 0.864. The zero-order chi connectivity index (χ0) is 18.5. The Morgan fingerprint density at radius 2 is 2.08 bits per heavy atom. The minimum absolute atomic E-state index is 0.253. The third kappa shape index (κ3) is 4.06. The fourth-order valence-corrected chi connectivity index (χ4v) is 3.86. The molecule has 1 aliphatic heterocycles. The van der Waals surface area contributed by atoms with Crippen LogP contribution in [-0.4, -0.2) is 30.3 Å². The van der Waals surface area contributed by atoms with Crippen LogP contribution in [0.15, 0.2) is 53.4 Å². The number of amides is 1. The summed E-state index contributed by atoms with van der Waals surface area (Å²) in [7, 11) is 0. The lowest BCUT2D eigenvalue weighted by Crippen LogP contribution is -2.35. The number of esters is 1. The molecule has 26 heavy (non-hydrogen) atoms. The number of carbonyl (C=O) groups is 2. The molecule has 0 aliphatic carbocycles. The molecule has 0 radical (unpaired) electrons. The van der Waals surface area contributed by atoms with Crippen molar-refractivity contribution in [1.82, 2.24) is 0 Å². The average molecular weight is 366 g/mol. The van der Waals surface area contributed by atoms with Crippen LogP contribution < -0.4 is 4.90 Å². The largest absolute Gasteiger partial charge is 0.452 e. The van der Waals surface area contributed by atoms with Crippen LogP contribution >= 0.6 is 11.8 Å². The fourth-order valence-electron chi connectivity index (χ4n) is 2.75. The molecule has 0 saturated carbocycles. The minimum Gasteiger partial charge on any atom is -0.452 e. The Labute approximate surface area is 156 Å². The number of hydrogen-bond acceptors (Lipinski definition) is 5. The maximum Gasteiger partial charge on any atom is 0.338 e. The van der Waals surface area contributed by atoms with Crippen molar-refractivity contribution in [2.45, 2.75) is 23.5 Å². The van der Waals surface area contributed by atoms with Crippen LogP contribution in [0.3, 0.4) is 0 Å². The number of fused-ring (bicyclic) bond motifs is 1. The Morgan fingerprint density at radius 3 is 2.88 bits per heavy atom. The highest BCUT2D eigenvalue weighted by atomic mass is 32.2. The van der Waals surface area contributed by atoms with Crippen molar-refractivity contribution in [2.75, 3.05) is 18.1 Å². The molecule has 1 amide bonds. The van der Waals surface area contributed by atoms with Gasteiger partial charge in [0.1, 0.15) is 0 Å². The third-order valence-electron chi connectivity index (χ3n) is 4.10. The second-order valence-corrected chi connectivity index (χ2v) is 7.48. The van der Waals surface area contributed by atoms with Crippen LogP contribution in [0.5, 0.6) is 0 Å². The van der Waals surface area contributed by atoms with Crippen molar-refractivity contribution < 1.29 is 14.3 Å². The highest BCUT2D eigenvalue weighted by Gasteiger charge is 2.25. The standard InChI is InChI=1S/C20H18N2O3S/c1-14-9-10-22(17-7-2-3-8-18(17)26-14)19(23)13-25-20(24)16-6-4-5-15(11-16)12-21/h2-8,11,14H,9-10,13H2,1H3/t14-/m1/s1.